The molecular weight excluding hydrogens is 332 g/mol. The maximum absolute atomic E-state index is 12.7. The highest BCUT2D eigenvalue weighted by atomic mass is 16.6. The first-order chi connectivity index (χ1) is 12.3. The summed E-state index contributed by atoms with van der Waals surface area (Å²) in [6, 6.07) is 4.96. The van der Waals surface area contributed by atoms with Crippen molar-refractivity contribution in [2.75, 3.05) is 51.2 Å². The summed E-state index contributed by atoms with van der Waals surface area (Å²) in [6.45, 7) is 8.97. The van der Waals surface area contributed by atoms with Crippen molar-refractivity contribution >= 4 is 17.3 Å². The first-order valence-corrected chi connectivity index (χ1v) is 9.36. The maximum atomic E-state index is 12.7. The van der Waals surface area contributed by atoms with Crippen molar-refractivity contribution in [3.8, 4) is 0 Å². The Kier molecular flexibility index (Phi) is 5.46. The first kappa shape index (κ1) is 18.6. The third-order valence-corrected chi connectivity index (χ3v) is 5.42. The zero-order valence-corrected chi connectivity index (χ0v) is 15.9. The summed E-state index contributed by atoms with van der Waals surface area (Å²) >= 11 is 0. The molecule has 0 bridgehead atoms. The molecular formula is C19H28N4O3. The molecule has 2 fully saturated rings. The van der Waals surface area contributed by atoms with E-state index in [-0.39, 0.29) is 16.5 Å². The van der Waals surface area contributed by atoms with Crippen molar-refractivity contribution in [2.45, 2.75) is 20.3 Å². The van der Waals surface area contributed by atoms with E-state index < -0.39 is 0 Å². The zero-order valence-electron chi connectivity index (χ0n) is 15.9. The number of hydrogen-bond acceptors (Lipinski definition) is 5. The van der Waals surface area contributed by atoms with Crippen LogP contribution >= 0.6 is 0 Å². The fraction of sp³-hybridized carbons (Fsp3) is 0.632. The van der Waals surface area contributed by atoms with Gasteiger partial charge in [0.15, 0.2) is 0 Å². The second-order valence-electron chi connectivity index (χ2n) is 7.91. The fourth-order valence-electron chi connectivity index (χ4n) is 4.12. The van der Waals surface area contributed by atoms with Crippen molar-refractivity contribution in [1.82, 2.24) is 9.80 Å². The zero-order chi connectivity index (χ0) is 18.8. The predicted molar refractivity (Wildman–Crippen MR) is 102 cm³/mol. The molecule has 2 unspecified atom stereocenters. The van der Waals surface area contributed by atoms with Crippen molar-refractivity contribution in [3.05, 3.63) is 33.9 Å². The highest BCUT2D eigenvalue weighted by Gasteiger charge is 2.29. The lowest BCUT2D eigenvalue weighted by atomic mass is 9.91. The quantitative estimate of drug-likeness (QED) is 0.612. The van der Waals surface area contributed by atoms with Gasteiger partial charge in [0.05, 0.1) is 4.92 Å². The van der Waals surface area contributed by atoms with Gasteiger partial charge >= 0.3 is 0 Å². The van der Waals surface area contributed by atoms with E-state index in [9.17, 15) is 14.9 Å². The fourth-order valence-corrected chi connectivity index (χ4v) is 4.12. The predicted octanol–water partition coefficient (Wildman–Crippen LogP) is 2.46. The molecule has 0 spiro atoms. The molecule has 0 radical (unpaired) electrons. The van der Waals surface area contributed by atoms with Gasteiger partial charge < -0.3 is 14.7 Å². The average Bonchev–Trinajstić information content (AvgIpc) is 2.60. The van der Waals surface area contributed by atoms with Gasteiger partial charge in [0.25, 0.3) is 11.6 Å². The Morgan fingerprint density at radius 1 is 1.12 bits per heavy atom. The van der Waals surface area contributed by atoms with E-state index in [1.165, 1.54) is 6.07 Å². The Morgan fingerprint density at radius 2 is 1.73 bits per heavy atom. The molecule has 1 aromatic rings. The Bertz CT molecular complexity index is 675. The number of nitro groups is 1. The number of hydrogen-bond donors (Lipinski definition) is 0. The number of anilines is 1. The second-order valence-corrected chi connectivity index (χ2v) is 7.91. The van der Waals surface area contributed by atoms with Gasteiger partial charge in [-0.05, 0) is 37.4 Å². The van der Waals surface area contributed by atoms with Crippen LogP contribution in [0.2, 0.25) is 0 Å². The van der Waals surface area contributed by atoms with E-state index in [1.54, 1.807) is 17.0 Å². The molecule has 1 amide bonds. The van der Waals surface area contributed by atoms with Crippen molar-refractivity contribution < 1.29 is 9.72 Å². The van der Waals surface area contributed by atoms with E-state index in [4.69, 9.17) is 0 Å². The normalized spacial score (nSPS) is 24.6. The smallest absolute Gasteiger partial charge is 0.293 e. The van der Waals surface area contributed by atoms with Gasteiger partial charge in [-0.3, -0.25) is 14.9 Å². The second kappa shape index (κ2) is 7.61. The average molecular weight is 360 g/mol. The molecule has 2 aliphatic heterocycles. The molecule has 7 heteroatoms. The Morgan fingerprint density at radius 3 is 2.31 bits per heavy atom. The van der Waals surface area contributed by atoms with Gasteiger partial charge in [0, 0.05) is 50.9 Å². The van der Waals surface area contributed by atoms with Crippen LogP contribution in [0.5, 0.6) is 0 Å². The lowest BCUT2D eigenvalue weighted by Gasteiger charge is -2.36. The van der Waals surface area contributed by atoms with Gasteiger partial charge in [-0.1, -0.05) is 13.8 Å². The molecule has 0 aromatic heterocycles. The summed E-state index contributed by atoms with van der Waals surface area (Å²) in [4.78, 5) is 30.1. The van der Waals surface area contributed by atoms with Gasteiger partial charge in [-0.2, -0.15) is 0 Å². The lowest BCUT2D eigenvalue weighted by Crippen LogP contribution is -2.47. The minimum atomic E-state index is -0.361. The van der Waals surface area contributed by atoms with Gasteiger partial charge in [0.1, 0.15) is 5.69 Å². The van der Waals surface area contributed by atoms with Gasteiger partial charge in [-0.15, -0.1) is 0 Å². The van der Waals surface area contributed by atoms with Crippen LogP contribution < -0.4 is 4.90 Å². The summed E-state index contributed by atoms with van der Waals surface area (Å²) in [7, 11) is 2.03. The standard InChI is InChI=1S/C19H28N4O3/c1-14-10-15(2)13-22(12-14)17-5-4-16(11-18(17)23(25)26)19(24)21-8-6-20(3)7-9-21/h4-5,11,14-15H,6-10,12-13H2,1-3H3. The molecule has 0 saturated carbocycles. The lowest BCUT2D eigenvalue weighted by molar-refractivity contribution is -0.384. The van der Waals surface area contributed by atoms with E-state index in [0.717, 1.165) is 32.6 Å². The Balaban J connectivity index is 1.85. The number of carbonyl (C=O) groups is 1. The minimum absolute atomic E-state index is 0.0336. The summed E-state index contributed by atoms with van der Waals surface area (Å²) in [6.07, 6.45) is 1.14. The number of piperidine rings is 1. The molecule has 3 rings (SSSR count). The largest absolute Gasteiger partial charge is 0.365 e. The van der Waals surface area contributed by atoms with Crippen molar-refractivity contribution in [3.63, 3.8) is 0 Å². The van der Waals surface area contributed by atoms with Crippen LogP contribution in [0.1, 0.15) is 30.6 Å². The van der Waals surface area contributed by atoms with Gasteiger partial charge in [0.2, 0.25) is 0 Å². The molecule has 26 heavy (non-hydrogen) atoms. The Labute approximate surface area is 154 Å². The first-order valence-electron chi connectivity index (χ1n) is 9.36. The van der Waals surface area contributed by atoms with E-state index >= 15 is 0 Å². The highest BCUT2D eigenvalue weighted by Crippen LogP contribution is 2.34. The molecule has 0 N–H and O–H groups in total. The molecule has 2 heterocycles. The van der Waals surface area contributed by atoms with Crippen molar-refractivity contribution in [1.29, 1.82) is 0 Å². The number of nitrogens with zero attached hydrogens (tertiary/aromatic N) is 4. The topological polar surface area (TPSA) is 69.9 Å². The molecule has 2 saturated heterocycles. The van der Waals surface area contributed by atoms with Crippen LogP contribution in [0.15, 0.2) is 18.2 Å². The molecule has 2 aliphatic rings. The maximum Gasteiger partial charge on any atom is 0.293 e. The molecule has 142 valence electrons. The van der Waals surface area contributed by atoms with E-state index in [0.29, 0.717) is 36.2 Å². The highest BCUT2D eigenvalue weighted by molar-refractivity contribution is 5.96. The summed E-state index contributed by atoms with van der Waals surface area (Å²) in [5, 5.41) is 11.7. The summed E-state index contributed by atoms with van der Waals surface area (Å²) in [5.41, 5.74) is 1.07. The third-order valence-electron chi connectivity index (χ3n) is 5.42. The van der Waals surface area contributed by atoms with Crippen molar-refractivity contribution in [2.24, 2.45) is 11.8 Å². The third kappa shape index (κ3) is 3.98. The molecule has 1 aromatic carbocycles. The Hall–Kier alpha value is -2.15. The van der Waals surface area contributed by atoms with Gasteiger partial charge in [-0.25, -0.2) is 0 Å². The summed E-state index contributed by atoms with van der Waals surface area (Å²) < 4.78 is 0. The van der Waals surface area contributed by atoms with Crippen LogP contribution in [-0.2, 0) is 0 Å². The molecule has 2 atom stereocenters. The number of amides is 1. The van der Waals surface area contributed by atoms with Crippen LogP contribution in [0.25, 0.3) is 0 Å². The minimum Gasteiger partial charge on any atom is -0.365 e. The number of benzene rings is 1. The molecule has 7 nitrogen and oxygen atoms in total. The van der Waals surface area contributed by atoms with Crippen LogP contribution in [0.3, 0.4) is 0 Å². The number of piperazine rings is 1. The monoisotopic (exact) mass is 360 g/mol. The number of nitro benzene ring substituents is 1. The SMILES string of the molecule is CC1CC(C)CN(c2ccc(C(=O)N3CCN(C)CC3)cc2[N+](=O)[O-])C1. The molecule has 0 aliphatic carbocycles. The van der Waals surface area contributed by atoms with Crippen LogP contribution in [0, 0.1) is 22.0 Å². The van der Waals surface area contributed by atoms with E-state index in [2.05, 4.69) is 23.6 Å². The van der Waals surface area contributed by atoms with E-state index in [1.807, 2.05) is 7.05 Å². The summed E-state index contributed by atoms with van der Waals surface area (Å²) in [5.74, 6) is 0.892. The number of carbonyl (C=O) groups excluding carboxylic acids is 1. The van der Waals surface area contributed by atoms with Crippen LogP contribution in [-0.4, -0.2) is 66.9 Å². The number of rotatable bonds is 3. The van der Waals surface area contributed by atoms with Crippen LogP contribution in [0.4, 0.5) is 11.4 Å². The number of likely N-dealkylation sites (N-methyl/N-ethyl adjacent to an activating group) is 1.